The van der Waals surface area contributed by atoms with Gasteiger partial charge < -0.3 is 4.90 Å². The minimum atomic E-state index is -0.547. The molecule has 0 aliphatic rings. The van der Waals surface area contributed by atoms with Crippen molar-refractivity contribution in [2.75, 3.05) is 14.1 Å². The van der Waals surface area contributed by atoms with Crippen molar-refractivity contribution in [1.82, 2.24) is 20.1 Å². The van der Waals surface area contributed by atoms with Gasteiger partial charge in [-0.15, -0.1) is 0 Å². The number of aromatic nitrogens is 2. The van der Waals surface area contributed by atoms with Gasteiger partial charge >= 0.3 is 0 Å². The first-order chi connectivity index (χ1) is 7.47. The Bertz CT molecular complexity index is 398. The molecule has 2 amide bonds. The number of hydrogen-bond acceptors (Lipinski definition) is 4. The summed E-state index contributed by atoms with van der Waals surface area (Å²) in [6, 6.07) is 1.01. The smallest absolute Gasteiger partial charge is 0.273 e. The molecule has 0 aromatic carbocycles. The zero-order valence-corrected chi connectivity index (χ0v) is 9.47. The third-order valence-corrected chi connectivity index (χ3v) is 2.15. The third kappa shape index (κ3) is 2.37. The molecule has 1 rings (SSSR count). The van der Waals surface area contributed by atoms with Crippen LogP contribution in [0.4, 0.5) is 0 Å². The van der Waals surface area contributed by atoms with Crippen LogP contribution in [0.15, 0.2) is 12.3 Å². The van der Waals surface area contributed by atoms with Gasteiger partial charge in [-0.3, -0.25) is 19.7 Å². The molecular formula is C9H15N5O2. The second-order valence-corrected chi connectivity index (χ2v) is 3.57. The highest BCUT2D eigenvalue weighted by atomic mass is 16.2. The fourth-order valence-electron chi connectivity index (χ4n) is 1.14. The number of carbonyl (C=O) groups is 2. The van der Waals surface area contributed by atoms with Gasteiger partial charge in [0.15, 0.2) is 0 Å². The highest BCUT2D eigenvalue weighted by Gasteiger charge is 2.17. The Morgan fingerprint density at radius 2 is 2.19 bits per heavy atom. The van der Waals surface area contributed by atoms with E-state index in [1.54, 1.807) is 33.3 Å². The van der Waals surface area contributed by atoms with Crippen molar-refractivity contribution in [2.24, 2.45) is 5.84 Å². The lowest BCUT2D eigenvalue weighted by Crippen LogP contribution is -2.36. The number of carbonyl (C=O) groups excluding carboxylic acids is 2. The van der Waals surface area contributed by atoms with Gasteiger partial charge in [0.2, 0.25) is 0 Å². The Labute approximate surface area is 93.2 Å². The molecule has 3 N–H and O–H groups in total. The number of hydrogen-bond donors (Lipinski definition) is 2. The van der Waals surface area contributed by atoms with E-state index in [0.29, 0.717) is 5.69 Å². The normalized spacial score (nSPS) is 12.0. The molecule has 0 aliphatic heterocycles. The predicted octanol–water partition coefficient (Wildman–Crippen LogP) is -0.864. The van der Waals surface area contributed by atoms with Crippen molar-refractivity contribution in [2.45, 2.75) is 13.0 Å². The second-order valence-electron chi connectivity index (χ2n) is 3.57. The van der Waals surface area contributed by atoms with Crippen LogP contribution in [0.3, 0.4) is 0 Å². The van der Waals surface area contributed by atoms with Crippen LogP contribution in [-0.4, -0.2) is 40.6 Å². The summed E-state index contributed by atoms with van der Waals surface area (Å²) in [5, 5.41) is 4.01. The fraction of sp³-hybridized carbons (Fsp3) is 0.444. The molecule has 0 saturated carbocycles. The highest BCUT2D eigenvalue weighted by molar-refractivity contribution is 5.91. The van der Waals surface area contributed by atoms with E-state index in [0.717, 1.165) is 0 Å². The molecule has 1 atom stereocenters. The number of nitrogens with two attached hydrogens (primary N) is 1. The Morgan fingerprint density at radius 1 is 1.56 bits per heavy atom. The molecule has 0 saturated heterocycles. The highest BCUT2D eigenvalue weighted by Crippen LogP contribution is 2.06. The van der Waals surface area contributed by atoms with Gasteiger partial charge in [-0.1, -0.05) is 0 Å². The van der Waals surface area contributed by atoms with Crippen molar-refractivity contribution < 1.29 is 9.59 Å². The average molecular weight is 225 g/mol. The summed E-state index contributed by atoms with van der Waals surface area (Å²) in [4.78, 5) is 24.2. The van der Waals surface area contributed by atoms with Crippen LogP contribution in [0.2, 0.25) is 0 Å². The Balaban J connectivity index is 2.87. The molecule has 1 heterocycles. The van der Waals surface area contributed by atoms with Crippen LogP contribution in [0.1, 0.15) is 23.5 Å². The maximum absolute atomic E-state index is 11.5. The molecule has 0 bridgehead atoms. The van der Waals surface area contributed by atoms with Gasteiger partial charge in [0.05, 0.1) is 0 Å². The van der Waals surface area contributed by atoms with Gasteiger partial charge in [-0.05, 0) is 13.0 Å². The minimum absolute atomic E-state index is 0.209. The number of nitrogens with one attached hydrogen (secondary N) is 1. The van der Waals surface area contributed by atoms with Gasteiger partial charge in [-0.25, -0.2) is 5.84 Å². The van der Waals surface area contributed by atoms with Crippen molar-refractivity contribution in [3.63, 3.8) is 0 Å². The Morgan fingerprint density at radius 3 is 2.69 bits per heavy atom. The van der Waals surface area contributed by atoms with Crippen LogP contribution in [0.25, 0.3) is 0 Å². The monoisotopic (exact) mass is 225 g/mol. The predicted molar refractivity (Wildman–Crippen MR) is 57.3 cm³/mol. The maximum atomic E-state index is 11.5. The molecule has 1 aromatic heterocycles. The summed E-state index contributed by atoms with van der Waals surface area (Å²) in [5.41, 5.74) is 2.32. The first-order valence-corrected chi connectivity index (χ1v) is 4.74. The first-order valence-electron chi connectivity index (χ1n) is 4.74. The van der Waals surface area contributed by atoms with E-state index in [9.17, 15) is 9.59 Å². The topological polar surface area (TPSA) is 93.2 Å². The van der Waals surface area contributed by atoms with Gasteiger partial charge in [0, 0.05) is 20.3 Å². The summed E-state index contributed by atoms with van der Waals surface area (Å²) in [7, 11) is 3.27. The molecule has 0 spiro atoms. The molecule has 7 heteroatoms. The van der Waals surface area contributed by atoms with Crippen LogP contribution < -0.4 is 11.3 Å². The number of amides is 2. The summed E-state index contributed by atoms with van der Waals surface area (Å²) in [5.74, 6) is 4.43. The first kappa shape index (κ1) is 12.2. The molecule has 1 unspecified atom stereocenters. The van der Waals surface area contributed by atoms with Crippen molar-refractivity contribution in [3.05, 3.63) is 18.0 Å². The molecule has 88 valence electrons. The van der Waals surface area contributed by atoms with Crippen LogP contribution >= 0.6 is 0 Å². The molecular weight excluding hydrogens is 210 g/mol. The van der Waals surface area contributed by atoms with E-state index < -0.39 is 6.04 Å². The summed E-state index contributed by atoms with van der Waals surface area (Å²) in [6.45, 7) is 1.64. The number of hydrazine groups is 1. The van der Waals surface area contributed by atoms with Crippen LogP contribution in [0.5, 0.6) is 0 Å². The van der Waals surface area contributed by atoms with Crippen LogP contribution in [-0.2, 0) is 4.79 Å². The molecule has 0 fully saturated rings. The average Bonchev–Trinajstić information content (AvgIpc) is 2.74. The maximum Gasteiger partial charge on any atom is 0.273 e. The zero-order valence-electron chi connectivity index (χ0n) is 9.47. The number of rotatable bonds is 3. The van der Waals surface area contributed by atoms with E-state index in [4.69, 9.17) is 5.84 Å². The number of nitrogens with zero attached hydrogens (tertiary/aromatic N) is 3. The summed E-state index contributed by atoms with van der Waals surface area (Å²) >= 11 is 0. The van der Waals surface area contributed by atoms with Gasteiger partial charge in [0.1, 0.15) is 11.7 Å². The van der Waals surface area contributed by atoms with E-state index in [2.05, 4.69) is 5.10 Å². The van der Waals surface area contributed by atoms with E-state index in [-0.39, 0.29) is 11.8 Å². The van der Waals surface area contributed by atoms with E-state index in [1.807, 2.05) is 5.43 Å². The largest absolute Gasteiger partial charge is 0.343 e. The molecule has 16 heavy (non-hydrogen) atoms. The Kier molecular flexibility index (Phi) is 3.62. The minimum Gasteiger partial charge on any atom is -0.343 e. The SMILES string of the molecule is CC(C(=O)NN)n1ccc(C(=O)N(C)C)n1. The van der Waals surface area contributed by atoms with E-state index >= 15 is 0 Å². The standard InChI is InChI=1S/C9H15N5O2/c1-6(8(15)11-10)14-5-4-7(12-14)9(16)13(2)3/h4-6H,10H2,1-3H3,(H,11,15). The zero-order chi connectivity index (χ0) is 12.3. The van der Waals surface area contributed by atoms with Crippen molar-refractivity contribution in [3.8, 4) is 0 Å². The summed E-state index contributed by atoms with van der Waals surface area (Å²) < 4.78 is 1.39. The van der Waals surface area contributed by atoms with Crippen molar-refractivity contribution in [1.29, 1.82) is 0 Å². The lowest BCUT2D eigenvalue weighted by atomic mass is 10.3. The van der Waals surface area contributed by atoms with Gasteiger partial charge in [0.25, 0.3) is 11.8 Å². The Hall–Kier alpha value is -1.89. The second kappa shape index (κ2) is 4.75. The quantitative estimate of drug-likeness (QED) is 0.397. The lowest BCUT2D eigenvalue weighted by molar-refractivity contribution is -0.124. The van der Waals surface area contributed by atoms with E-state index in [1.165, 1.54) is 9.58 Å². The molecule has 1 aromatic rings. The fourth-order valence-corrected chi connectivity index (χ4v) is 1.14. The molecule has 7 nitrogen and oxygen atoms in total. The summed E-state index contributed by atoms with van der Waals surface area (Å²) in [6.07, 6.45) is 1.57. The van der Waals surface area contributed by atoms with Crippen LogP contribution in [0, 0.1) is 0 Å². The molecule has 0 aliphatic carbocycles. The third-order valence-electron chi connectivity index (χ3n) is 2.15. The van der Waals surface area contributed by atoms with Gasteiger partial charge in [-0.2, -0.15) is 5.10 Å². The lowest BCUT2D eigenvalue weighted by Gasteiger charge is -2.10. The van der Waals surface area contributed by atoms with Crippen molar-refractivity contribution >= 4 is 11.8 Å². The molecule has 0 radical (unpaired) electrons.